The van der Waals surface area contributed by atoms with Crippen molar-refractivity contribution in [2.45, 2.75) is 32.7 Å². The Hall–Kier alpha value is -3.03. The summed E-state index contributed by atoms with van der Waals surface area (Å²) in [6.07, 6.45) is 3.21. The third-order valence-corrected chi connectivity index (χ3v) is 7.25. The average molecular weight is 476 g/mol. The largest absolute Gasteiger partial charge is 0.492 e. The summed E-state index contributed by atoms with van der Waals surface area (Å²) in [5.41, 5.74) is 11.4. The third-order valence-electron chi connectivity index (χ3n) is 7.25. The van der Waals surface area contributed by atoms with Crippen molar-refractivity contribution in [3.63, 3.8) is 0 Å². The van der Waals surface area contributed by atoms with Crippen LogP contribution in [-0.4, -0.2) is 66.7 Å². The Morgan fingerprint density at radius 2 is 1.89 bits per heavy atom. The van der Waals surface area contributed by atoms with Crippen LogP contribution >= 0.6 is 0 Å². The molecule has 0 unspecified atom stereocenters. The van der Waals surface area contributed by atoms with Gasteiger partial charge in [0.15, 0.2) is 0 Å². The van der Waals surface area contributed by atoms with E-state index in [1.54, 1.807) is 0 Å². The number of nitrogen functional groups attached to an aromatic ring is 1. The first-order valence-corrected chi connectivity index (χ1v) is 12.9. The highest BCUT2D eigenvalue weighted by Crippen LogP contribution is 2.38. The number of aryl methyl sites for hydroxylation is 1. The highest BCUT2D eigenvalue weighted by atomic mass is 16.5. The molecule has 0 atom stereocenters. The number of likely N-dealkylation sites (N-methyl/N-ethyl adjacent to an activating group) is 1. The molecule has 35 heavy (non-hydrogen) atoms. The van der Waals surface area contributed by atoms with Crippen LogP contribution in [0.15, 0.2) is 42.5 Å². The fourth-order valence-corrected chi connectivity index (χ4v) is 5.00. The van der Waals surface area contributed by atoms with Gasteiger partial charge in [0.05, 0.1) is 16.9 Å². The molecule has 1 aliphatic carbocycles. The molecule has 7 nitrogen and oxygen atoms in total. The number of benzene rings is 2. The van der Waals surface area contributed by atoms with E-state index in [1.165, 1.54) is 13.0 Å². The van der Waals surface area contributed by atoms with Gasteiger partial charge >= 0.3 is 0 Å². The number of carbonyl (C=O) groups excluding carboxylic acids is 1. The summed E-state index contributed by atoms with van der Waals surface area (Å²) >= 11 is 0. The first-order valence-electron chi connectivity index (χ1n) is 12.9. The maximum absolute atomic E-state index is 12.1. The Kier molecular flexibility index (Phi) is 6.97. The fourth-order valence-electron chi connectivity index (χ4n) is 5.00. The van der Waals surface area contributed by atoms with E-state index in [0.717, 1.165) is 84.9 Å². The molecule has 1 saturated heterocycles. The molecule has 3 aromatic rings. The summed E-state index contributed by atoms with van der Waals surface area (Å²) in [6, 6.07) is 14.2. The van der Waals surface area contributed by atoms with Crippen LogP contribution in [0.4, 0.5) is 11.4 Å². The van der Waals surface area contributed by atoms with Crippen LogP contribution in [0.5, 0.6) is 5.75 Å². The highest BCUT2D eigenvalue weighted by Gasteiger charge is 2.29. The molecule has 1 amide bonds. The number of nitrogens with zero attached hydrogens (tertiary/aromatic N) is 3. The molecular weight excluding hydrogens is 438 g/mol. The van der Waals surface area contributed by atoms with E-state index in [4.69, 9.17) is 10.5 Å². The lowest BCUT2D eigenvalue weighted by atomic mass is 10.1. The van der Waals surface area contributed by atoms with Crippen LogP contribution < -0.4 is 15.8 Å². The Balaban J connectivity index is 1.31. The predicted octanol–water partition coefficient (Wildman–Crippen LogP) is 4.28. The SMILES string of the molecule is CCn1c(-c2ccc(NC(=O)C3CC3)cc2)c(N)c2ccc(OCCN3CCCN(C)CC3)cc21. The number of carbonyl (C=O) groups is 1. The number of hydrogen-bond donors (Lipinski definition) is 2. The first-order chi connectivity index (χ1) is 17.0. The molecule has 0 spiro atoms. The van der Waals surface area contributed by atoms with Crippen molar-refractivity contribution in [1.29, 1.82) is 0 Å². The molecule has 0 bridgehead atoms. The van der Waals surface area contributed by atoms with E-state index in [1.807, 2.05) is 30.3 Å². The first kappa shape index (κ1) is 23.7. The number of amides is 1. The lowest BCUT2D eigenvalue weighted by Gasteiger charge is -2.20. The maximum atomic E-state index is 12.1. The van der Waals surface area contributed by atoms with Crippen LogP contribution in [0.3, 0.4) is 0 Å². The van der Waals surface area contributed by atoms with E-state index >= 15 is 0 Å². The van der Waals surface area contributed by atoms with Gasteiger partial charge < -0.3 is 25.3 Å². The number of ether oxygens (including phenoxy) is 1. The van der Waals surface area contributed by atoms with Gasteiger partial charge in [0.1, 0.15) is 12.4 Å². The number of fused-ring (bicyclic) bond motifs is 1. The zero-order chi connectivity index (χ0) is 24.4. The fraction of sp³-hybridized carbons (Fsp3) is 0.464. The van der Waals surface area contributed by atoms with Crippen LogP contribution in [-0.2, 0) is 11.3 Å². The van der Waals surface area contributed by atoms with Gasteiger partial charge in [0.2, 0.25) is 5.91 Å². The Labute approximate surface area is 207 Å². The molecule has 186 valence electrons. The molecule has 7 heteroatoms. The second-order valence-electron chi connectivity index (χ2n) is 9.87. The second kappa shape index (κ2) is 10.3. The molecular formula is C28H37N5O2. The number of rotatable bonds is 8. The normalized spacial score (nSPS) is 17.4. The molecule has 2 aromatic carbocycles. The van der Waals surface area contributed by atoms with Crippen molar-refractivity contribution in [1.82, 2.24) is 14.4 Å². The highest BCUT2D eigenvalue weighted by molar-refractivity contribution is 6.01. The minimum absolute atomic E-state index is 0.121. The van der Waals surface area contributed by atoms with Gasteiger partial charge in [-0.25, -0.2) is 0 Å². The standard InChI is InChI=1S/C28H37N5O2/c1-3-33-25-19-23(35-18-17-32-14-4-13-31(2)15-16-32)11-12-24(25)26(29)27(33)20-7-9-22(10-8-20)30-28(34)21-5-6-21/h7-12,19,21H,3-6,13-18,29H2,1-2H3,(H,30,34). The number of nitrogens with one attached hydrogen (secondary N) is 1. The summed E-state index contributed by atoms with van der Waals surface area (Å²) in [5, 5.41) is 4.05. The van der Waals surface area contributed by atoms with Crippen molar-refractivity contribution in [3.8, 4) is 17.0 Å². The van der Waals surface area contributed by atoms with Crippen LogP contribution in [0.25, 0.3) is 22.2 Å². The summed E-state index contributed by atoms with van der Waals surface area (Å²) in [4.78, 5) is 17.0. The van der Waals surface area contributed by atoms with Gasteiger partial charge in [-0.3, -0.25) is 9.69 Å². The predicted molar refractivity (Wildman–Crippen MR) is 143 cm³/mol. The summed E-state index contributed by atoms with van der Waals surface area (Å²) in [6.45, 7) is 9.07. The molecule has 5 rings (SSSR count). The van der Waals surface area contributed by atoms with Crippen LogP contribution in [0, 0.1) is 5.92 Å². The van der Waals surface area contributed by atoms with E-state index in [-0.39, 0.29) is 11.8 Å². The van der Waals surface area contributed by atoms with Gasteiger partial charge in [-0.1, -0.05) is 12.1 Å². The number of nitrogens with two attached hydrogens (primary N) is 1. The average Bonchev–Trinajstić information content (AvgIpc) is 3.69. The summed E-state index contributed by atoms with van der Waals surface area (Å²) in [5.74, 6) is 1.19. The molecule has 0 radical (unpaired) electrons. The summed E-state index contributed by atoms with van der Waals surface area (Å²) < 4.78 is 8.42. The van der Waals surface area contributed by atoms with Crippen molar-refractivity contribution in [2.75, 3.05) is 57.4 Å². The van der Waals surface area contributed by atoms with Crippen LogP contribution in [0.2, 0.25) is 0 Å². The zero-order valence-electron chi connectivity index (χ0n) is 20.9. The second-order valence-corrected chi connectivity index (χ2v) is 9.87. The topological polar surface area (TPSA) is 75.8 Å². The Morgan fingerprint density at radius 1 is 1.09 bits per heavy atom. The zero-order valence-corrected chi connectivity index (χ0v) is 20.9. The molecule has 2 heterocycles. The van der Waals surface area contributed by atoms with E-state index < -0.39 is 0 Å². The molecule has 1 aromatic heterocycles. The van der Waals surface area contributed by atoms with Crippen molar-refractivity contribution >= 4 is 28.2 Å². The van der Waals surface area contributed by atoms with Crippen molar-refractivity contribution in [3.05, 3.63) is 42.5 Å². The molecule has 2 aliphatic rings. The lowest BCUT2D eigenvalue weighted by Crippen LogP contribution is -2.32. The molecule has 1 aliphatic heterocycles. The minimum atomic E-state index is 0.121. The maximum Gasteiger partial charge on any atom is 0.227 e. The van der Waals surface area contributed by atoms with Gasteiger partial charge in [-0.05, 0) is 70.6 Å². The Morgan fingerprint density at radius 3 is 2.63 bits per heavy atom. The van der Waals surface area contributed by atoms with Gasteiger partial charge in [-0.15, -0.1) is 0 Å². The lowest BCUT2D eigenvalue weighted by molar-refractivity contribution is -0.117. The van der Waals surface area contributed by atoms with Crippen LogP contribution in [0.1, 0.15) is 26.2 Å². The number of hydrogen-bond acceptors (Lipinski definition) is 5. The third kappa shape index (κ3) is 5.31. The van der Waals surface area contributed by atoms with Crippen molar-refractivity contribution < 1.29 is 9.53 Å². The Bertz CT molecular complexity index is 1180. The monoisotopic (exact) mass is 475 g/mol. The number of anilines is 2. The summed E-state index contributed by atoms with van der Waals surface area (Å²) in [7, 11) is 2.19. The van der Waals surface area contributed by atoms with E-state index in [9.17, 15) is 4.79 Å². The van der Waals surface area contributed by atoms with E-state index in [2.05, 4.69) is 45.8 Å². The van der Waals surface area contributed by atoms with Gasteiger partial charge in [0.25, 0.3) is 0 Å². The number of aromatic nitrogens is 1. The smallest absolute Gasteiger partial charge is 0.227 e. The van der Waals surface area contributed by atoms with Gasteiger partial charge in [0, 0.05) is 54.8 Å². The van der Waals surface area contributed by atoms with E-state index in [0.29, 0.717) is 6.61 Å². The minimum Gasteiger partial charge on any atom is -0.492 e. The molecule has 2 fully saturated rings. The van der Waals surface area contributed by atoms with Gasteiger partial charge in [-0.2, -0.15) is 0 Å². The molecule has 1 saturated carbocycles. The quantitative estimate of drug-likeness (QED) is 0.509. The van der Waals surface area contributed by atoms with Crippen molar-refractivity contribution in [2.24, 2.45) is 5.92 Å². The molecule has 3 N–H and O–H groups in total.